The molecule has 3 rings (SSSR count). The van der Waals surface area contributed by atoms with Crippen LogP contribution in [0, 0.1) is 6.92 Å². The zero-order chi connectivity index (χ0) is 28.1. The molecule has 0 fully saturated rings. The van der Waals surface area contributed by atoms with E-state index in [1.165, 1.54) is 5.75 Å². The number of carboxylic acids is 1. The minimum absolute atomic E-state index is 0.212. The van der Waals surface area contributed by atoms with Crippen LogP contribution in [0.15, 0.2) is 59.0 Å². The maximum Gasteiger partial charge on any atom is 0.326 e. The molecule has 38 heavy (non-hydrogen) atoms. The van der Waals surface area contributed by atoms with Crippen molar-refractivity contribution in [2.45, 2.75) is 72.6 Å². The SMILES string of the molecule is CCCC(NC(=O)c1ccc(COC(C)c2ccc(CC)o2)cc1-c1ccccc1C)C(=O)O.CCSC. The van der Waals surface area contributed by atoms with Gasteiger partial charge in [-0.3, -0.25) is 4.79 Å². The minimum Gasteiger partial charge on any atom is -0.480 e. The van der Waals surface area contributed by atoms with E-state index in [1.54, 1.807) is 6.07 Å². The summed E-state index contributed by atoms with van der Waals surface area (Å²) in [4.78, 5) is 24.7. The van der Waals surface area contributed by atoms with Crippen LogP contribution >= 0.6 is 11.8 Å². The standard InChI is InChI=1S/C28H33NO5.C3H8S/c1-5-9-25(28(31)32)29-27(30)23-14-12-20(16-24(23)22-11-8-7-10-18(22)3)17-33-19(4)26-15-13-21(6-2)34-26;1-3-4-2/h7-8,10-16,19,25H,5-6,9,17H2,1-4H3,(H,29,30)(H,31,32);3H2,1-2H3. The molecular weight excluding hydrogens is 498 g/mol. The molecular formula is C31H41NO5S. The number of hydrogen-bond acceptors (Lipinski definition) is 5. The number of hydrogen-bond donors (Lipinski definition) is 2. The van der Waals surface area contributed by atoms with Crippen LogP contribution in [-0.4, -0.2) is 35.0 Å². The number of carboxylic acid groups (broad SMARTS) is 1. The first-order valence-corrected chi connectivity index (χ1v) is 14.6. The molecule has 2 atom stereocenters. The molecule has 1 heterocycles. The van der Waals surface area contributed by atoms with Crippen molar-refractivity contribution in [2.75, 3.05) is 12.0 Å². The quantitative estimate of drug-likeness (QED) is 0.248. The van der Waals surface area contributed by atoms with E-state index in [-0.39, 0.29) is 6.10 Å². The highest BCUT2D eigenvalue weighted by molar-refractivity contribution is 7.98. The fourth-order valence-electron chi connectivity index (χ4n) is 3.87. The number of rotatable bonds is 12. The largest absolute Gasteiger partial charge is 0.480 e. The van der Waals surface area contributed by atoms with Crippen LogP contribution in [0.2, 0.25) is 0 Å². The number of benzene rings is 2. The van der Waals surface area contributed by atoms with Crippen molar-refractivity contribution in [1.82, 2.24) is 5.32 Å². The highest BCUT2D eigenvalue weighted by atomic mass is 32.2. The molecule has 3 aromatic rings. The number of carbonyl (C=O) groups excluding carboxylic acids is 1. The lowest BCUT2D eigenvalue weighted by molar-refractivity contribution is -0.139. The van der Waals surface area contributed by atoms with Crippen LogP contribution in [0.25, 0.3) is 11.1 Å². The van der Waals surface area contributed by atoms with Crippen LogP contribution in [0.5, 0.6) is 0 Å². The topological polar surface area (TPSA) is 88.8 Å². The van der Waals surface area contributed by atoms with Gasteiger partial charge in [-0.25, -0.2) is 4.79 Å². The van der Waals surface area contributed by atoms with Crippen molar-refractivity contribution in [2.24, 2.45) is 0 Å². The molecule has 0 spiro atoms. The van der Waals surface area contributed by atoms with E-state index in [1.807, 2.05) is 88.0 Å². The third-order valence-corrected chi connectivity index (χ3v) is 6.74. The predicted molar refractivity (Wildman–Crippen MR) is 156 cm³/mol. The second kappa shape index (κ2) is 16.0. The van der Waals surface area contributed by atoms with Gasteiger partial charge in [0.05, 0.1) is 6.61 Å². The molecule has 2 unspecified atom stereocenters. The maximum absolute atomic E-state index is 13.1. The van der Waals surface area contributed by atoms with E-state index in [4.69, 9.17) is 9.15 Å². The van der Waals surface area contributed by atoms with E-state index in [2.05, 4.69) is 18.5 Å². The molecule has 206 valence electrons. The fourth-order valence-corrected chi connectivity index (χ4v) is 3.87. The van der Waals surface area contributed by atoms with E-state index in [0.29, 0.717) is 25.0 Å². The number of aryl methyl sites for hydroxylation is 2. The third kappa shape index (κ3) is 9.07. The van der Waals surface area contributed by atoms with Gasteiger partial charge in [-0.1, -0.05) is 57.5 Å². The van der Waals surface area contributed by atoms with Gasteiger partial charge >= 0.3 is 5.97 Å². The van der Waals surface area contributed by atoms with Crippen LogP contribution in [0.3, 0.4) is 0 Å². The maximum atomic E-state index is 13.1. The molecule has 2 N–H and O–H groups in total. The van der Waals surface area contributed by atoms with Crippen LogP contribution in [-0.2, 0) is 22.6 Å². The number of carbonyl (C=O) groups is 2. The van der Waals surface area contributed by atoms with Gasteiger partial charge in [-0.05, 0) is 78.8 Å². The number of amides is 1. The van der Waals surface area contributed by atoms with Crippen molar-refractivity contribution in [3.05, 3.63) is 82.8 Å². The molecule has 1 amide bonds. The Hall–Kier alpha value is -3.03. The smallest absolute Gasteiger partial charge is 0.326 e. The highest BCUT2D eigenvalue weighted by Gasteiger charge is 2.22. The lowest BCUT2D eigenvalue weighted by Crippen LogP contribution is -2.40. The van der Waals surface area contributed by atoms with E-state index < -0.39 is 17.9 Å². The summed E-state index contributed by atoms with van der Waals surface area (Å²) < 4.78 is 11.8. The Balaban J connectivity index is 0.00000118. The molecule has 0 bridgehead atoms. The first-order chi connectivity index (χ1) is 18.2. The second-order valence-corrected chi connectivity index (χ2v) is 10.2. The summed E-state index contributed by atoms with van der Waals surface area (Å²) >= 11 is 1.86. The molecule has 7 heteroatoms. The molecule has 0 radical (unpaired) electrons. The van der Waals surface area contributed by atoms with Crippen LogP contribution < -0.4 is 5.32 Å². The molecule has 6 nitrogen and oxygen atoms in total. The number of ether oxygens (including phenoxy) is 1. The fraction of sp³-hybridized carbons (Fsp3) is 0.419. The van der Waals surface area contributed by atoms with Crippen LogP contribution in [0.4, 0.5) is 0 Å². The summed E-state index contributed by atoms with van der Waals surface area (Å²) in [5, 5.41) is 12.1. The Bertz CT molecular complexity index is 1170. The van der Waals surface area contributed by atoms with Crippen molar-refractivity contribution in [3.63, 3.8) is 0 Å². The van der Waals surface area contributed by atoms with Gasteiger partial charge < -0.3 is 19.6 Å². The average Bonchev–Trinajstić information content (AvgIpc) is 3.41. The Labute approximate surface area is 231 Å². The molecule has 0 aliphatic heterocycles. The van der Waals surface area contributed by atoms with Gasteiger partial charge in [0.2, 0.25) is 0 Å². The zero-order valence-electron chi connectivity index (χ0n) is 23.4. The van der Waals surface area contributed by atoms with Gasteiger partial charge in [0.15, 0.2) is 0 Å². The molecule has 0 saturated heterocycles. The minimum atomic E-state index is -1.03. The van der Waals surface area contributed by atoms with Gasteiger partial charge in [0, 0.05) is 12.0 Å². The summed E-state index contributed by atoms with van der Waals surface area (Å²) in [5.41, 5.74) is 4.04. The Morgan fingerprint density at radius 3 is 2.34 bits per heavy atom. The van der Waals surface area contributed by atoms with Crippen molar-refractivity contribution < 1.29 is 23.8 Å². The number of furan rings is 1. The Kier molecular flexibility index (Phi) is 13.2. The molecule has 2 aromatic carbocycles. The normalized spacial score (nSPS) is 12.3. The van der Waals surface area contributed by atoms with E-state index in [9.17, 15) is 14.7 Å². The molecule has 1 aromatic heterocycles. The van der Waals surface area contributed by atoms with E-state index >= 15 is 0 Å². The van der Waals surface area contributed by atoms with Crippen LogP contribution in [0.1, 0.15) is 79.6 Å². The van der Waals surface area contributed by atoms with Gasteiger partial charge in [-0.2, -0.15) is 11.8 Å². The van der Waals surface area contributed by atoms with Gasteiger partial charge in [-0.15, -0.1) is 0 Å². The number of thioether (sulfide) groups is 1. The number of nitrogens with one attached hydrogen (secondary N) is 1. The monoisotopic (exact) mass is 539 g/mol. The average molecular weight is 540 g/mol. The third-order valence-electron chi connectivity index (χ3n) is 6.16. The summed E-state index contributed by atoms with van der Waals surface area (Å²) in [6, 6.07) is 16.3. The van der Waals surface area contributed by atoms with Gasteiger partial charge in [0.25, 0.3) is 5.91 Å². The molecule has 0 aliphatic rings. The predicted octanol–water partition coefficient (Wildman–Crippen LogP) is 7.45. The zero-order valence-corrected chi connectivity index (χ0v) is 24.2. The lowest BCUT2D eigenvalue weighted by atomic mass is 9.93. The number of aliphatic carboxylic acids is 1. The van der Waals surface area contributed by atoms with Crippen molar-refractivity contribution >= 4 is 23.6 Å². The Morgan fingerprint density at radius 2 is 1.76 bits per heavy atom. The Morgan fingerprint density at radius 1 is 1.05 bits per heavy atom. The summed E-state index contributed by atoms with van der Waals surface area (Å²) in [7, 11) is 0. The second-order valence-electron chi connectivity index (χ2n) is 9.04. The summed E-state index contributed by atoms with van der Waals surface area (Å²) in [6.07, 6.45) is 3.75. The summed E-state index contributed by atoms with van der Waals surface area (Å²) in [5.74, 6) is 1.51. The van der Waals surface area contributed by atoms with Crippen molar-refractivity contribution in [1.29, 1.82) is 0 Å². The van der Waals surface area contributed by atoms with Crippen molar-refractivity contribution in [3.8, 4) is 11.1 Å². The first kappa shape index (κ1) is 31.2. The lowest BCUT2D eigenvalue weighted by Gasteiger charge is -2.18. The molecule has 0 saturated carbocycles. The molecule has 0 aliphatic carbocycles. The highest BCUT2D eigenvalue weighted by Crippen LogP contribution is 2.29. The first-order valence-electron chi connectivity index (χ1n) is 13.2. The van der Waals surface area contributed by atoms with Gasteiger partial charge in [0.1, 0.15) is 23.7 Å². The van der Waals surface area contributed by atoms with E-state index in [0.717, 1.165) is 40.2 Å². The summed E-state index contributed by atoms with van der Waals surface area (Å²) in [6.45, 7) is 10.4.